The molecule has 1 aliphatic rings. The third-order valence-electron chi connectivity index (χ3n) is 5.44. The van der Waals surface area contributed by atoms with E-state index < -0.39 is 0 Å². The summed E-state index contributed by atoms with van der Waals surface area (Å²) in [5, 5.41) is 1.05. The van der Waals surface area contributed by atoms with Crippen LogP contribution in [0.4, 0.5) is 0 Å². The van der Waals surface area contributed by atoms with E-state index in [1.165, 1.54) is 0 Å². The van der Waals surface area contributed by atoms with E-state index in [1.807, 2.05) is 75.2 Å². The number of carbonyl (C=O) groups is 2. The molecule has 3 aromatic rings. The van der Waals surface area contributed by atoms with E-state index in [2.05, 4.69) is 0 Å². The van der Waals surface area contributed by atoms with E-state index in [0.29, 0.717) is 38.3 Å². The van der Waals surface area contributed by atoms with Crippen molar-refractivity contribution in [3.63, 3.8) is 0 Å². The molecule has 2 aromatic carbocycles. The van der Waals surface area contributed by atoms with E-state index in [1.54, 1.807) is 7.11 Å². The largest absolute Gasteiger partial charge is 0.497 e. The predicted molar refractivity (Wildman–Crippen MR) is 112 cm³/mol. The molecule has 0 radical (unpaired) electrons. The molecular weight excluding hydrogens is 366 g/mol. The zero-order valence-electron chi connectivity index (χ0n) is 16.6. The summed E-state index contributed by atoms with van der Waals surface area (Å²) >= 11 is 0. The first-order valence-electron chi connectivity index (χ1n) is 9.91. The highest BCUT2D eigenvalue weighted by Gasteiger charge is 2.23. The Balaban J connectivity index is 1.40. The van der Waals surface area contributed by atoms with Crippen LogP contribution in [0.15, 0.2) is 60.8 Å². The molecule has 0 N–H and O–H groups in total. The molecule has 6 nitrogen and oxygen atoms in total. The van der Waals surface area contributed by atoms with E-state index in [0.717, 1.165) is 23.1 Å². The van der Waals surface area contributed by atoms with Crippen LogP contribution >= 0.6 is 0 Å². The average Bonchev–Trinajstić information content (AvgIpc) is 2.99. The van der Waals surface area contributed by atoms with E-state index in [9.17, 15) is 9.59 Å². The highest BCUT2D eigenvalue weighted by Crippen LogP contribution is 2.22. The Morgan fingerprint density at radius 1 is 0.931 bits per heavy atom. The second kappa shape index (κ2) is 8.39. The fourth-order valence-corrected chi connectivity index (χ4v) is 3.82. The maximum Gasteiger partial charge on any atom is 0.253 e. The molecule has 2 heterocycles. The maximum atomic E-state index is 12.9. The molecule has 4 rings (SSSR count). The van der Waals surface area contributed by atoms with Gasteiger partial charge in [-0.1, -0.05) is 18.2 Å². The number of hydrogen-bond acceptors (Lipinski definition) is 3. The third kappa shape index (κ3) is 4.11. The van der Waals surface area contributed by atoms with Gasteiger partial charge in [0, 0.05) is 48.8 Å². The lowest BCUT2D eigenvalue weighted by Gasteiger charge is -2.22. The summed E-state index contributed by atoms with van der Waals surface area (Å²) in [4.78, 5) is 29.3. The number of methoxy groups -OCH3 is 1. The van der Waals surface area contributed by atoms with Crippen LogP contribution in [0, 0.1) is 0 Å². The Morgan fingerprint density at radius 2 is 1.69 bits per heavy atom. The molecule has 29 heavy (non-hydrogen) atoms. The summed E-state index contributed by atoms with van der Waals surface area (Å²) in [5.41, 5.74) is 1.70. The molecule has 1 aromatic heterocycles. The highest BCUT2D eigenvalue weighted by atomic mass is 16.5. The van der Waals surface area contributed by atoms with E-state index in [-0.39, 0.29) is 11.8 Å². The number of fused-ring (bicyclic) bond motifs is 1. The predicted octanol–water partition coefficient (Wildman–Crippen LogP) is 3.02. The second-order valence-electron chi connectivity index (χ2n) is 7.26. The zero-order valence-corrected chi connectivity index (χ0v) is 16.6. The first-order valence-corrected chi connectivity index (χ1v) is 9.91. The van der Waals surface area contributed by atoms with Gasteiger partial charge in [-0.2, -0.15) is 0 Å². The Hall–Kier alpha value is -3.28. The van der Waals surface area contributed by atoms with Crippen LogP contribution in [0.3, 0.4) is 0 Å². The second-order valence-corrected chi connectivity index (χ2v) is 7.26. The van der Waals surface area contributed by atoms with Gasteiger partial charge in [0.2, 0.25) is 5.91 Å². The van der Waals surface area contributed by atoms with Gasteiger partial charge in [-0.25, -0.2) is 0 Å². The van der Waals surface area contributed by atoms with Crippen molar-refractivity contribution >= 4 is 22.7 Å². The molecule has 6 heteroatoms. The molecule has 150 valence electrons. The third-order valence-corrected chi connectivity index (χ3v) is 5.44. The lowest BCUT2D eigenvalue weighted by molar-refractivity contribution is -0.131. The number of carbonyl (C=O) groups excluding carboxylic acids is 2. The minimum Gasteiger partial charge on any atom is -0.497 e. The van der Waals surface area contributed by atoms with Gasteiger partial charge in [0.05, 0.1) is 7.11 Å². The summed E-state index contributed by atoms with van der Waals surface area (Å²) in [6.45, 7) is 2.75. The topological polar surface area (TPSA) is 54.8 Å². The zero-order chi connectivity index (χ0) is 20.2. The van der Waals surface area contributed by atoms with Crippen molar-refractivity contribution in [1.82, 2.24) is 14.4 Å². The highest BCUT2D eigenvalue weighted by molar-refractivity contribution is 5.94. The van der Waals surface area contributed by atoms with Gasteiger partial charge in [0.1, 0.15) is 12.3 Å². The Labute approximate surface area is 170 Å². The van der Waals surface area contributed by atoms with Gasteiger partial charge in [-0.05, 0) is 42.8 Å². The molecule has 0 saturated carbocycles. The SMILES string of the molecule is COc1ccc2c(ccn2CC(=O)N2CCCN(C(=O)c3ccccc3)CC2)c1. The molecule has 1 saturated heterocycles. The van der Waals surface area contributed by atoms with Crippen LogP contribution < -0.4 is 4.74 Å². The van der Waals surface area contributed by atoms with Crippen molar-refractivity contribution in [2.45, 2.75) is 13.0 Å². The molecule has 0 spiro atoms. The molecule has 0 aliphatic carbocycles. The number of ether oxygens (including phenoxy) is 1. The summed E-state index contributed by atoms with van der Waals surface area (Å²) in [6.07, 6.45) is 2.72. The average molecular weight is 391 g/mol. The van der Waals surface area contributed by atoms with Gasteiger partial charge in [0.25, 0.3) is 5.91 Å². The van der Waals surface area contributed by atoms with Crippen LogP contribution in [0.1, 0.15) is 16.8 Å². The number of benzene rings is 2. The molecule has 2 amide bonds. The molecule has 0 bridgehead atoms. The lowest BCUT2D eigenvalue weighted by Crippen LogP contribution is -2.38. The van der Waals surface area contributed by atoms with Gasteiger partial charge < -0.3 is 19.1 Å². The molecule has 0 atom stereocenters. The Morgan fingerprint density at radius 3 is 2.48 bits per heavy atom. The van der Waals surface area contributed by atoms with E-state index in [4.69, 9.17) is 4.74 Å². The van der Waals surface area contributed by atoms with Crippen molar-refractivity contribution in [1.29, 1.82) is 0 Å². The first kappa shape index (κ1) is 19.1. The van der Waals surface area contributed by atoms with Crippen LogP contribution in [-0.4, -0.2) is 59.5 Å². The quantitative estimate of drug-likeness (QED) is 0.687. The minimum absolute atomic E-state index is 0.0326. The molecule has 0 unspecified atom stereocenters. The Kier molecular flexibility index (Phi) is 5.51. The van der Waals surface area contributed by atoms with Crippen molar-refractivity contribution in [2.75, 3.05) is 33.3 Å². The van der Waals surface area contributed by atoms with Gasteiger partial charge in [-0.3, -0.25) is 9.59 Å². The number of rotatable bonds is 4. The summed E-state index contributed by atoms with van der Waals surface area (Å²) in [6, 6.07) is 17.2. The normalized spacial score (nSPS) is 14.7. The molecular formula is C23H25N3O3. The number of nitrogens with zero attached hydrogens (tertiary/aromatic N) is 3. The number of hydrogen-bond donors (Lipinski definition) is 0. The number of amides is 2. The van der Waals surface area contributed by atoms with Crippen LogP contribution in [0.2, 0.25) is 0 Å². The van der Waals surface area contributed by atoms with E-state index >= 15 is 0 Å². The van der Waals surface area contributed by atoms with Gasteiger partial charge >= 0.3 is 0 Å². The monoisotopic (exact) mass is 391 g/mol. The first-order chi connectivity index (χ1) is 14.2. The number of aromatic nitrogens is 1. The summed E-state index contributed by atoms with van der Waals surface area (Å²) in [5.74, 6) is 0.912. The van der Waals surface area contributed by atoms with Crippen molar-refractivity contribution in [2.24, 2.45) is 0 Å². The van der Waals surface area contributed by atoms with Crippen LogP contribution in [0.5, 0.6) is 5.75 Å². The fourth-order valence-electron chi connectivity index (χ4n) is 3.82. The van der Waals surface area contributed by atoms with Crippen LogP contribution in [0.25, 0.3) is 10.9 Å². The smallest absolute Gasteiger partial charge is 0.253 e. The lowest BCUT2D eigenvalue weighted by atomic mass is 10.2. The summed E-state index contributed by atoms with van der Waals surface area (Å²) in [7, 11) is 1.65. The van der Waals surface area contributed by atoms with Gasteiger partial charge in [-0.15, -0.1) is 0 Å². The van der Waals surface area contributed by atoms with Crippen molar-refractivity contribution < 1.29 is 14.3 Å². The molecule has 1 fully saturated rings. The van der Waals surface area contributed by atoms with Crippen LogP contribution in [-0.2, 0) is 11.3 Å². The Bertz CT molecular complexity index is 1010. The standard InChI is InChI=1S/C23H25N3O3/c1-29-20-8-9-21-19(16-20)10-13-26(21)17-22(27)24-11-5-12-25(15-14-24)23(28)18-6-3-2-4-7-18/h2-4,6-10,13,16H,5,11-12,14-15,17H2,1H3. The fraction of sp³-hybridized carbons (Fsp3) is 0.304. The van der Waals surface area contributed by atoms with Gasteiger partial charge in [0.15, 0.2) is 0 Å². The maximum absolute atomic E-state index is 12.9. The summed E-state index contributed by atoms with van der Waals surface area (Å²) < 4.78 is 7.23. The molecule has 1 aliphatic heterocycles. The van der Waals surface area contributed by atoms with Crippen molar-refractivity contribution in [3.05, 3.63) is 66.4 Å². The minimum atomic E-state index is 0.0326. The van der Waals surface area contributed by atoms with Crippen molar-refractivity contribution in [3.8, 4) is 5.75 Å².